The molecule has 0 unspecified atom stereocenters. The maximum absolute atomic E-state index is 11.8. The Kier molecular flexibility index (Phi) is 5.02. The second kappa shape index (κ2) is 7.90. The van der Waals surface area contributed by atoms with E-state index in [1.165, 1.54) is 6.08 Å². The highest BCUT2D eigenvalue weighted by molar-refractivity contribution is 5.87. The standard InChI is InChI=1S/C24H25N7O2/c1-3-22(32)29-8-6-28(7-9-29)21-5-4-17(12-26-21)20-10-19(30-15-24(2,33)16-30)14-31-23(20)18(11-25)13-27-31/h3-5,10,12-14,33H,1,6-9,15-16H2,2H3. The van der Waals surface area contributed by atoms with E-state index in [1.807, 2.05) is 37.5 Å². The van der Waals surface area contributed by atoms with Crippen LogP contribution in [0.4, 0.5) is 11.5 Å². The SMILES string of the molecule is C=CC(=O)N1CCN(c2ccc(-c3cc(N4CC(C)(O)C4)cn4ncc(C#N)c34)cn2)CC1. The predicted molar refractivity (Wildman–Crippen MR) is 125 cm³/mol. The summed E-state index contributed by atoms with van der Waals surface area (Å²) in [7, 11) is 0. The normalized spacial score (nSPS) is 17.5. The fraction of sp³-hybridized carbons (Fsp3) is 0.333. The lowest BCUT2D eigenvalue weighted by atomic mass is 9.95. The van der Waals surface area contributed by atoms with Gasteiger partial charge in [-0.15, -0.1) is 0 Å². The minimum Gasteiger partial charge on any atom is -0.386 e. The van der Waals surface area contributed by atoms with E-state index >= 15 is 0 Å². The lowest BCUT2D eigenvalue weighted by Gasteiger charge is -2.45. The molecule has 0 saturated carbocycles. The van der Waals surface area contributed by atoms with Crippen LogP contribution in [0, 0.1) is 11.3 Å². The number of nitriles is 1. The third-order valence-corrected chi connectivity index (χ3v) is 6.29. The van der Waals surface area contributed by atoms with Crippen LogP contribution < -0.4 is 9.80 Å². The molecule has 0 aromatic carbocycles. The number of hydrogen-bond donors (Lipinski definition) is 1. The Morgan fingerprint density at radius 2 is 1.97 bits per heavy atom. The summed E-state index contributed by atoms with van der Waals surface area (Å²) in [5, 5.41) is 24.1. The molecule has 9 heteroatoms. The van der Waals surface area contributed by atoms with E-state index in [4.69, 9.17) is 0 Å². The number of pyridine rings is 2. The van der Waals surface area contributed by atoms with Crippen LogP contribution in [0.15, 0.2) is 49.4 Å². The number of anilines is 2. The molecule has 2 aliphatic heterocycles. The Balaban J connectivity index is 1.44. The fourth-order valence-electron chi connectivity index (χ4n) is 4.56. The van der Waals surface area contributed by atoms with Crippen LogP contribution in [0.5, 0.6) is 0 Å². The minimum atomic E-state index is -0.694. The van der Waals surface area contributed by atoms with E-state index in [0.717, 1.165) is 28.1 Å². The Hall–Kier alpha value is -3.90. The first kappa shape index (κ1) is 21.0. The number of rotatable bonds is 4. The van der Waals surface area contributed by atoms with Crippen LogP contribution in [0.2, 0.25) is 0 Å². The summed E-state index contributed by atoms with van der Waals surface area (Å²) in [4.78, 5) is 22.5. The zero-order valence-corrected chi connectivity index (χ0v) is 18.5. The van der Waals surface area contributed by atoms with Gasteiger partial charge in [-0.1, -0.05) is 6.58 Å². The lowest BCUT2D eigenvalue weighted by molar-refractivity contribution is -0.126. The average Bonchev–Trinajstić information content (AvgIpc) is 3.25. The third kappa shape index (κ3) is 3.79. The number of carbonyl (C=O) groups is 1. The molecule has 0 radical (unpaired) electrons. The van der Waals surface area contributed by atoms with E-state index < -0.39 is 5.60 Å². The summed E-state index contributed by atoms with van der Waals surface area (Å²) in [6, 6.07) is 8.23. The highest BCUT2D eigenvalue weighted by Crippen LogP contribution is 2.34. The van der Waals surface area contributed by atoms with Gasteiger partial charge in [0.25, 0.3) is 0 Å². The van der Waals surface area contributed by atoms with Gasteiger partial charge in [0, 0.05) is 56.6 Å². The zero-order chi connectivity index (χ0) is 23.2. The van der Waals surface area contributed by atoms with Crippen molar-refractivity contribution in [1.82, 2.24) is 19.5 Å². The molecule has 2 aliphatic rings. The van der Waals surface area contributed by atoms with Crippen LogP contribution in [0.1, 0.15) is 12.5 Å². The van der Waals surface area contributed by atoms with Crippen LogP contribution >= 0.6 is 0 Å². The molecule has 9 nitrogen and oxygen atoms in total. The molecule has 0 spiro atoms. The van der Waals surface area contributed by atoms with Crippen molar-refractivity contribution in [1.29, 1.82) is 5.26 Å². The fourth-order valence-corrected chi connectivity index (χ4v) is 4.56. The van der Waals surface area contributed by atoms with Gasteiger partial charge in [-0.05, 0) is 31.2 Å². The van der Waals surface area contributed by atoms with Crippen LogP contribution in [-0.4, -0.2) is 75.4 Å². The van der Waals surface area contributed by atoms with Gasteiger partial charge >= 0.3 is 0 Å². The highest BCUT2D eigenvalue weighted by atomic mass is 16.3. The van der Waals surface area contributed by atoms with Gasteiger partial charge in [0.1, 0.15) is 11.9 Å². The van der Waals surface area contributed by atoms with E-state index in [0.29, 0.717) is 44.8 Å². The number of hydrogen-bond acceptors (Lipinski definition) is 7. The van der Waals surface area contributed by atoms with Crippen LogP contribution in [-0.2, 0) is 4.79 Å². The van der Waals surface area contributed by atoms with Gasteiger partial charge in [0.2, 0.25) is 5.91 Å². The van der Waals surface area contributed by atoms with Gasteiger partial charge in [-0.2, -0.15) is 10.4 Å². The van der Waals surface area contributed by atoms with Crippen molar-refractivity contribution in [3.05, 3.63) is 55.0 Å². The molecule has 5 rings (SSSR count). The first-order chi connectivity index (χ1) is 15.9. The molecule has 0 aliphatic carbocycles. The van der Waals surface area contributed by atoms with Crippen molar-refractivity contribution >= 4 is 22.9 Å². The van der Waals surface area contributed by atoms with Crippen molar-refractivity contribution in [2.45, 2.75) is 12.5 Å². The van der Waals surface area contributed by atoms with E-state index in [2.05, 4.69) is 32.5 Å². The highest BCUT2D eigenvalue weighted by Gasteiger charge is 2.37. The Labute approximate surface area is 191 Å². The van der Waals surface area contributed by atoms with Gasteiger partial charge in [-0.3, -0.25) is 4.79 Å². The Morgan fingerprint density at radius 1 is 1.21 bits per heavy atom. The number of carbonyl (C=O) groups excluding carboxylic acids is 1. The van der Waals surface area contributed by atoms with Gasteiger partial charge in [-0.25, -0.2) is 9.50 Å². The van der Waals surface area contributed by atoms with Crippen molar-refractivity contribution < 1.29 is 9.90 Å². The number of aromatic nitrogens is 3. The molecule has 168 valence electrons. The smallest absolute Gasteiger partial charge is 0.246 e. The second-order valence-electron chi connectivity index (χ2n) is 8.85. The molecule has 1 amide bonds. The number of piperazine rings is 1. The molecular weight excluding hydrogens is 418 g/mol. The average molecular weight is 444 g/mol. The number of β-amino-alcohol motifs (C(OH)–C–C–N with tert-alkyl or cyclic N) is 1. The molecule has 3 aromatic rings. The summed E-state index contributed by atoms with van der Waals surface area (Å²) in [6.07, 6.45) is 6.63. The number of aliphatic hydroxyl groups is 1. The first-order valence-electron chi connectivity index (χ1n) is 10.9. The molecule has 3 aromatic heterocycles. The molecule has 5 heterocycles. The maximum Gasteiger partial charge on any atom is 0.246 e. The summed E-state index contributed by atoms with van der Waals surface area (Å²) in [5.74, 6) is 0.809. The molecule has 2 fully saturated rings. The van der Waals surface area contributed by atoms with Crippen molar-refractivity contribution in [2.24, 2.45) is 0 Å². The predicted octanol–water partition coefficient (Wildman–Crippen LogP) is 1.67. The Bertz CT molecular complexity index is 1260. The van der Waals surface area contributed by atoms with Gasteiger partial charge in [0.05, 0.1) is 34.8 Å². The van der Waals surface area contributed by atoms with Crippen molar-refractivity contribution in [2.75, 3.05) is 49.1 Å². The largest absolute Gasteiger partial charge is 0.386 e. The van der Waals surface area contributed by atoms with Crippen molar-refractivity contribution in [3.63, 3.8) is 0 Å². The number of fused-ring (bicyclic) bond motifs is 1. The molecule has 33 heavy (non-hydrogen) atoms. The monoisotopic (exact) mass is 443 g/mol. The van der Waals surface area contributed by atoms with Crippen molar-refractivity contribution in [3.8, 4) is 17.2 Å². The lowest BCUT2D eigenvalue weighted by Crippen LogP contribution is -2.60. The number of amides is 1. The minimum absolute atomic E-state index is 0.0420. The Morgan fingerprint density at radius 3 is 2.58 bits per heavy atom. The third-order valence-electron chi connectivity index (χ3n) is 6.29. The molecule has 0 atom stereocenters. The molecule has 1 N–H and O–H groups in total. The van der Waals surface area contributed by atoms with E-state index in [9.17, 15) is 15.2 Å². The van der Waals surface area contributed by atoms with E-state index in [-0.39, 0.29) is 5.91 Å². The van der Waals surface area contributed by atoms with Gasteiger partial charge < -0.3 is 19.8 Å². The summed E-state index contributed by atoms with van der Waals surface area (Å²) < 4.78 is 1.72. The zero-order valence-electron chi connectivity index (χ0n) is 18.5. The maximum atomic E-state index is 11.8. The summed E-state index contributed by atoms with van der Waals surface area (Å²) in [6.45, 7) is 9.16. The summed E-state index contributed by atoms with van der Waals surface area (Å²) in [5.41, 5.74) is 3.23. The van der Waals surface area contributed by atoms with Crippen LogP contribution in [0.3, 0.4) is 0 Å². The van der Waals surface area contributed by atoms with E-state index in [1.54, 1.807) is 15.6 Å². The topological polar surface area (TPSA) is 101 Å². The molecule has 0 bridgehead atoms. The molecule has 2 saturated heterocycles. The quantitative estimate of drug-likeness (QED) is 0.612. The summed E-state index contributed by atoms with van der Waals surface area (Å²) >= 11 is 0. The second-order valence-corrected chi connectivity index (χ2v) is 8.85. The van der Waals surface area contributed by atoms with Crippen LogP contribution in [0.25, 0.3) is 16.6 Å². The number of nitrogens with zero attached hydrogens (tertiary/aromatic N) is 7. The first-order valence-corrected chi connectivity index (χ1v) is 10.9. The van der Waals surface area contributed by atoms with Gasteiger partial charge in [0.15, 0.2) is 0 Å². The molecular formula is C24H25N7O2.